The van der Waals surface area contributed by atoms with Gasteiger partial charge in [0.25, 0.3) is 0 Å². The molecular formula is C12H22N6O. The Kier molecular flexibility index (Phi) is 4.73. The van der Waals surface area contributed by atoms with Gasteiger partial charge in [0.2, 0.25) is 11.9 Å². The lowest BCUT2D eigenvalue weighted by atomic mass is 10.2. The Morgan fingerprint density at radius 3 is 2.37 bits per heavy atom. The molecule has 0 aromatic carbocycles. The number of ether oxygens (including phenoxy) is 1. The number of rotatable bonds is 4. The van der Waals surface area contributed by atoms with Crippen molar-refractivity contribution in [2.75, 3.05) is 23.4 Å². The van der Waals surface area contributed by atoms with Gasteiger partial charge in [-0.1, -0.05) is 12.8 Å². The first-order valence-corrected chi connectivity index (χ1v) is 6.83. The standard InChI is InChI=1S/C12H22N6O/c1-9(2)19-12-15-10(17-13)14-11(16-12)18-7-5-3-4-6-8-18/h9H,3-8,13H2,1-2H3,(H,14,15,16,17). The minimum Gasteiger partial charge on any atom is -0.461 e. The fourth-order valence-electron chi connectivity index (χ4n) is 2.09. The number of nitrogens with zero attached hydrogens (tertiary/aromatic N) is 4. The van der Waals surface area contributed by atoms with Gasteiger partial charge in [0.05, 0.1) is 6.10 Å². The van der Waals surface area contributed by atoms with Crippen LogP contribution in [0.4, 0.5) is 11.9 Å². The molecule has 0 saturated carbocycles. The summed E-state index contributed by atoms with van der Waals surface area (Å²) in [6, 6.07) is 0.317. The van der Waals surface area contributed by atoms with Gasteiger partial charge in [0.1, 0.15) is 0 Å². The lowest BCUT2D eigenvalue weighted by Gasteiger charge is -2.21. The number of hydrogen-bond donors (Lipinski definition) is 2. The number of anilines is 2. The second kappa shape index (κ2) is 6.51. The topological polar surface area (TPSA) is 89.2 Å². The summed E-state index contributed by atoms with van der Waals surface area (Å²) in [5.74, 6) is 6.38. The van der Waals surface area contributed by atoms with Gasteiger partial charge in [0, 0.05) is 13.1 Å². The van der Waals surface area contributed by atoms with Gasteiger partial charge in [-0.25, -0.2) is 5.84 Å². The SMILES string of the molecule is CC(C)Oc1nc(NN)nc(N2CCCCCC2)n1. The molecule has 3 N–H and O–H groups in total. The molecule has 0 bridgehead atoms. The summed E-state index contributed by atoms with van der Waals surface area (Å²) in [7, 11) is 0. The molecular weight excluding hydrogens is 244 g/mol. The molecule has 0 aliphatic carbocycles. The van der Waals surface area contributed by atoms with Crippen LogP contribution in [0.25, 0.3) is 0 Å². The Morgan fingerprint density at radius 1 is 1.11 bits per heavy atom. The van der Waals surface area contributed by atoms with E-state index in [0.29, 0.717) is 17.9 Å². The van der Waals surface area contributed by atoms with Crippen LogP contribution in [0, 0.1) is 0 Å². The molecule has 19 heavy (non-hydrogen) atoms. The predicted molar refractivity (Wildman–Crippen MR) is 74.1 cm³/mol. The summed E-state index contributed by atoms with van der Waals surface area (Å²) in [5, 5.41) is 0. The Labute approximate surface area is 113 Å². The number of nitrogens with two attached hydrogens (primary N) is 1. The van der Waals surface area contributed by atoms with E-state index in [9.17, 15) is 0 Å². The number of nitrogens with one attached hydrogen (secondary N) is 1. The molecule has 1 aliphatic rings. The molecule has 2 heterocycles. The van der Waals surface area contributed by atoms with Crippen LogP contribution in [0.2, 0.25) is 0 Å². The minimum atomic E-state index is 0.0185. The largest absolute Gasteiger partial charge is 0.461 e. The molecule has 0 spiro atoms. The van der Waals surface area contributed by atoms with Crippen molar-refractivity contribution in [1.82, 2.24) is 15.0 Å². The van der Waals surface area contributed by atoms with Crippen LogP contribution in [0.5, 0.6) is 6.01 Å². The highest BCUT2D eigenvalue weighted by Crippen LogP contribution is 2.19. The molecule has 0 atom stereocenters. The fraction of sp³-hybridized carbons (Fsp3) is 0.750. The van der Waals surface area contributed by atoms with Gasteiger partial charge in [-0.3, -0.25) is 5.43 Å². The Hall–Kier alpha value is -1.63. The summed E-state index contributed by atoms with van der Waals surface area (Å²) >= 11 is 0. The first kappa shape index (κ1) is 13.8. The maximum atomic E-state index is 5.53. The molecule has 0 radical (unpaired) electrons. The van der Waals surface area contributed by atoms with Crippen LogP contribution in [0.15, 0.2) is 0 Å². The van der Waals surface area contributed by atoms with Gasteiger partial charge in [-0.05, 0) is 26.7 Å². The van der Waals surface area contributed by atoms with E-state index in [2.05, 4.69) is 25.3 Å². The molecule has 1 saturated heterocycles. The van der Waals surface area contributed by atoms with Crippen LogP contribution < -0.4 is 20.9 Å². The van der Waals surface area contributed by atoms with E-state index in [1.807, 2.05) is 13.8 Å². The maximum absolute atomic E-state index is 5.53. The number of hydrogen-bond acceptors (Lipinski definition) is 7. The van der Waals surface area contributed by atoms with Gasteiger partial charge in [-0.2, -0.15) is 15.0 Å². The summed E-state index contributed by atoms with van der Waals surface area (Å²) in [6.07, 6.45) is 4.87. The van der Waals surface area contributed by atoms with E-state index in [4.69, 9.17) is 10.6 Å². The maximum Gasteiger partial charge on any atom is 0.323 e. The van der Waals surface area contributed by atoms with Crippen molar-refractivity contribution in [3.63, 3.8) is 0 Å². The van der Waals surface area contributed by atoms with E-state index in [0.717, 1.165) is 25.9 Å². The first-order valence-electron chi connectivity index (χ1n) is 6.83. The summed E-state index contributed by atoms with van der Waals surface area (Å²) < 4.78 is 5.53. The second-order valence-corrected chi connectivity index (χ2v) is 4.95. The number of nitrogen functional groups attached to an aromatic ring is 1. The third-order valence-electron chi connectivity index (χ3n) is 2.96. The smallest absolute Gasteiger partial charge is 0.323 e. The highest BCUT2D eigenvalue weighted by Gasteiger charge is 2.16. The van der Waals surface area contributed by atoms with Crippen molar-refractivity contribution < 1.29 is 4.74 Å². The molecule has 106 valence electrons. The highest BCUT2D eigenvalue weighted by atomic mass is 16.5. The van der Waals surface area contributed by atoms with Crippen LogP contribution >= 0.6 is 0 Å². The monoisotopic (exact) mass is 266 g/mol. The zero-order valence-electron chi connectivity index (χ0n) is 11.6. The predicted octanol–water partition coefficient (Wildman–Crippen LogP) is 1.32. The Morgan fingerprint density at radius 2 is 1.79 bits per heavy atom. The normalized spacial score (nSPS) is 16.3. The highest BCUT2D eigenvalue weighted by molar-refractivity contribution is 5.37. The van der Waals surface area contributed by atoms with Crippen molar-refractivity contribution in [1.29, 1.82) is 0 Å². The third kappa shape index (κ3) is 3.92. The summed E-state index contributed by atoms with van der Waals surface area (Å²) in [5.41, 5.74) is 2.47. The van der Waals surface area contributed by atoms with Crippen molar-refractivity contribution in [2.24, 2.45) is 5.84 Å². The van der Waals surface area contributed by atoms with Crippen LogP contribution in [-0.4, -0.2) is 34.1 Å². The van der Waals surface area contributed by atoms with Gasteiger partial charge < -0.3 is 9.64 Å². The molecule has 0 amide bonds. The van der Waals surface area contributed by atoms with Crippen LogP contribution in [0.1, 0.15) is 39.5 Å². The van der Waals surface area contributed by atoms with E-state index < -0.39 is 0 Å². The average molecular weight is 266 g/mol. The number of hydrazine groups is 1. The number of aromatic nitrogens is 3. The molecule has 1 aliphatic heterocycles. The van der Waals surface area contributed by atoms with E-state index in [1.165, 1.54) is 12.8 Å². The zero-order chi connectivity index (χ0) is 13.7. The fourth-order valence-corrected chi connectivity index (χ4v) is 2.09. The zero-order valence-corrected chi connectivity index (χ0v) is 11.6. The molecule has 1 aromatic rings. The summed E-state index contributed by atoms with van der Waals surface area (Å²) in [4.78, 5) is 15.0. The quantitative estimate of drug-likeness (QED) is 0.627. The molecule has 7 nitrogen and oxygen atoms in total. The van der Waals surface area contributed by atoms with E-state index in [-0.39, 0.29) is 6.10 Å². The first-order chi connectivity index (χ1) is 9.19. The van der Waals surface area contributed by atoms with Gasteiger partial charge in [0.15, 0.2) is 0 Å². The molecule has 1 aromatic heterocycles. The van der Waals surface area contributed by atoms with Crippen molar-refractivity contribution in [3.05, 3.63) is 0 Å². The lowest BCUT2D eigenvalue weighted by Crippen LogP contribution is -2.27. The van der Waals surface area contributed by atoms with Crippen LogP contribution in [0.3, 0.4) is 0 Å². The molecule has 1 fully saturated rings. The van der Waals surface area contributed by atoms with Crippen molar-refractivity contribution in [2.45, 2.75) is 45.6 Å². The van der Waals surface area contributed by atoms with Gasteiger partial charge in [-0.15, -0.1) is 0 Å². The average Bonchev–Trinajstić information content (AvgIpc) is 2.66. The van der Waals surface area contributed by atoms with Crippen molar-refractivity contribution in [3.8, 4) is 6.01 Å². The van der Waals surface area contributed by atoms with Crippen LogP contribution in [-0.2, 0) is 0 Å². The third-order valence-corrected chi connectivity index (χ3v) is 2.96. The molecule has 7 heteroatoms. The molecule has 2 rings (SSSR count). The minimum absolute atomic E-state index is 0.0185. The Balaban J connectivity index is 2.22. The van der Waals surface area contributed by atoms with Crippen molar-refractivity contribution >= 4 is 11.9 Å². The van der Waals surface area contributed by atoms with E-state index in [1.54, 1.807) is 0 Å². The summed E-state index contributed by atoms with van der Waals surface area (Å²) in [6.45, 7) is 5.81. The second-order valence-electron chi connectivity index (χ2n) is 4.95. The molecule has 0 unspecified atom stereocenters. The van der Waals surface area contributed by atoms with Gasteiger partial charge >= 0.3 is 6.01 Å². The Bertz CT molecular complexity index is 403. The van der Waals surface area contributed by atoms with E-state index >= 15 is 0 Å². The lowest BCUT2D eigenvalue weighted by molar-refractivity contribution is 0.222.